The number of anilines is 1. The van der Waals surface area contributed by atoms with Crippen LogP contribution in [0, 0.1) is 6.92 Å². The predicted octanol–water partition coefficient (Wildman–Crippen LogP) is 2.63. The molecule has 0 bridgehead atoms. The van der Waals surface area contributed by atoms with E-state index in [2.05, 4.69) is 0 Å². The van der Waals surface area contributed by atoms with Gasteiger partial charge in [0.15, 0.2) is 0 Å². The quantitative estimate of drug-likeness (QED) is 0.740. The predicted molar refractivity (Wildman–Crippen MR) is 66.6 cm³/mol. The van der Waals surface area contributed by atoms with Crippen molar-refractivity contribution in [1.29, 1.82) is 0 Å². The van der Waals surface area contributed by atoms with Crippen LogP contribution in [0.1, 0.15) is 50.3 Å². The molecule has 1 saturated carbocycles. The number of aryl methyl sites for hydroxylation is 1. The summed E-state index contributed by atoms with van der Waals surface area (Å²) in [6.45, 7) is 1.97. The fourth-order valence-corrected chi connectivity index (χ4v) is 2.72. The normalized spacial score (nSPS) is 18.3. The van der Waals surface area contributed by atoms with Gasteiger partial charge in [-0.25, -0.2) is 0 Å². The zero-order valence-corrected chi connectivity index (χ0v) is 9.91. The fraction of sp³-hybridized carbons (Fsp3) is 0.615. The van der Waals surface area contributed by atoms with Gasteiger partial charge in [-0.2, -0.15) is 0 Å². The summed E-state index contributed by atoms with van der Waals surface area (Å²) in [5.74, 6) is 0. The number of nitrogens with zero attached hydrogens (tertiary/aromatic N) is 1. The number of pyridine rings is 1. The summed E-state index contributed by atoms with van der Waals surface area (Å²) >= 11 is 0. The molecule has 1 aliphatic rings. The molecular formula is C13H20N2O. The van der Waals surface area contributed by atoms with E-state index in [0.717, 1.165) is 18.5 Å². The third-order valence-corrected chi connectivity index (χ3v) is 3.47. The van der Waals surface area contributed by atoms with Crippen molar-refractivity contribution in [2.45, 2.75) is 51.5 Å². The Labute approximate surface area is 96.3 Å². The van der Waals surface area contributed by atoms with Crippen LogP contribution < -0.4 is 11.3 Å². The summed E-state index contributed by atoms with van der Waals surface area (Å²) in [7, 11) is 0. The molecule has 88 valence electrons. The third-order valence-electron chi connectivity index (χ3n) is 3.47. The first-order valence-electron chi connectivity index (χ1n) is 6.17. The van der Waals surface area contributed by atoms with E-state index in [9.17, 15) is 4.79 Å². The van der Waals surface area contributed by atoms with Gasteiger partial charge in [0.2, 0.25) is 0 Å². The molecule has 0 amide bonds. The average molecular weight is 220 g/mol. The molecule has 0 unspecified atom stereocenters. The smallest absolute Gasteiger partial charge is 0.253 e. The van der Waals surface area contributed by atoms with Crippen molar-refractivity contribution >= 4 is 5.69 Å². The minimum absolute atomic E-state index is 0.0596. The summed E-state index contributed by atoms with van der Waals surface area (Å²) in [4.78, 5) is 12.0. The van der Waals surface area contributed by atoms with Crippen LogP contribution in [0.4, 0.5) is 5.69 Å². The van der Waals surface area contributed by atoms with E-state index in [-0.39, 0.29) is 5.56 Å². The average Bonchev–Trinajstić information content (AvgIpc) is 2.44. The molecule has 0 spiro atoms. The van der Waals surface area contributed by atoms with Gasteiger partial charge in [-0.3, -0.25) is 4.79 Å². The zero-order chi connectivity index (χ0) is 11.5. The first kappa shape index (κ1) is 11.2. The molecule has 3 nitrogen and oxygen atoms in total. The minimum atomic E-state index is 0.0596. The second kappa shape index (κ2) is 4.73. The molecule has 0 aliphatic heterocycles. The molecule has 0 atom stereocenters. The van der Waals surface area contributed by atoms with Crippen LogP contribution in [0.5, 0.6) is 0 Å². The number of rotatable bonds is 1. The van der Waals surface area contributed by atoms with E-state index >= 15 is 0 Å². The maximum atomic E-state index is 12.0. The summed E-state index contributed by atoms with van der Waals surface area (Å²) < 4.78 is 1.93. The van der Waals surface area contributed by atoms with Crippen molar-refractivity contribution in [2.75, 3.05) is 5.73 Å². The van der Waals surface area contributed by atoms with Gasteiger partial charge in [-0.15, -0.1) is 0 Å². The van der Waals surface area contributed by atoms with Crippen molar-refractivity contribution in [3.8, 4) is 0 Å². The lowest BCUT2D eigenvalue weighted by Crippen LogP contribution is -2.26. The molecule has 2 N–H and O–H groups in total. The minimum Gasteiger partial charge on any atom is -0.399 e. The lowest BCUT2D eigenvalue weighted by molar-refractivity contribution is 0.424. The summed E-state index contributed by atoms with van der Waals surface area (Å²) in [5.41, 5.74) is 7.31. The van der Waals surface area contributed by atoms with E-state index < -0.39 is 0 Å². The Morgan fingerprint density at radius 2 is 1.81 bits per heavy atom. The number of hydrogen-bond acceptors (Lipinski definition) is 2. The van der Waals surface area contributed by atoms with Crippen LogP contribution in [0.3, 0.4) is 0 Å². The van der Waals surface area contributed by atoms with Crippen LogP contribution in [0.15, 0.2) is 16.9 Å². The topological polar surface area (TPSA) is 48.0 Å². The molecule has 0 aromatic carbocycles. The van der Waals surface area contributed by atoms with Gasteiger partial charge in [0.25, 0.3) is 5.56 Å². The van der Waals surface area contributed by atoms with Crippen molar-refractivity contribution in [3.05, 3.63) is 28.2 Å². The van der Waals surface area contributed by atoms with Crippen molar-refractivity contribution in [3.63, 3.8) is 0 Å². The maximum absolute atomic E-state index is 12.0. The molecule has 0 saturated heterocycles. The van der Waals surface area contributed by atoms with E-state index in [1.54, 1.807) is 0 Å². The highest BCUT2D eigenvalue weighted by molar-refractivity contribution is 5.37. The highest BCUT2D eigenvalue weighted by Crippen LogP contribution is 2.27. The van der Waals surface area contributed by atoms with Crippen LogP contribution in [-0.4, -0.2) is 4.57 Å². The lowest BCUT2D eigenvalue weighted by Gasteiger charge is -2.20. The van der Waals surface area contributed by atoms with Gasteiger partial charge >= 0.3 is 0 Å². The summed E-state index contributed by atoms with van der Waals surface area (Å²) in [6, 6.07) is 3.82. The first-order valence-corrected chi connectivity index (χ1v) is 6.17. The highest BCUT2D eigenvalue weighted by atomic mass is 16.1. The molecule has 2 rings (SSSR count). The zero-order valence-electron chi connectivity index (χ0n) is 9.91. The second-order valence-corrected chi connectivity index (χ2v) is 4.78. The van der Waals surface area contributed by atoms with Crippen LogP contribution in [-0.2, 0) is 0 Å². The maximum Gasteiger partial charge on any atom is 0.253 e. The van der Waals surface area contributed by atoms with Gasteiger partial charge in [-0.1, -0.05) is 25.7 Å². The summed E-state index contributed by atoms with van der Waals surface area (Å²) in [5, 5.41) is 0. The molecule has 1 fully saturated rings. The van der Waals surface area contributed by atoms with Gasteiger partial charge in [0.05, 0.1) is 0 Å². The van der Waals surface area contributed by atoms with Crippen LogP contribution >= 0.6 is 0 Å². The van der Waals surface area contributed by atoms with Crippen molar-refractivity contribution in [2.24, 2.45) is 0 Å². The van der Waals surface area contributed by atoms with E-state index in [4.69, 9.17) is 5.73 Å². The Morgan fingerprint density at radius 3 is 2.38 bits per heavy atom. The number of aromatic nitrogens is 1. The van der Waals surface area contributed by atoms with Gasteiger partial charge in [0.1, 0.15) is 0 Å². The van der Waals surface area contributed by atoms with Gasteiger partial charge < -0.3 is 10.3 Å². The first-order chi connectivity index (χ1) is 7.68. The monoisotopic (exact) mass is 220 g/mol. The molecule has 16 heavy (non-hydrogen) atoms. The van der Waals surface area contributed by atoms with Crippen LogP contribution in [0.2, 0.25) is 0 Å². The van der Waals surface area contributed by atoms with E-state index in [1.165, 1.54) is 31.7 Å². The Hall–Kier alpha value is -1.25. The van der Waals surface area contributed by atoms with E-state index in [1.807, 2.05) is 17.6 Å². The lowest BCUT2D eigenvalue weighted by atomic mass is 10.1. The number of nitrogens with two attached hydrogens (primary N) is 1. The fourth-order valence-electron chi connectivity index (χ4n) is 2.72. The Morgan fingerprint density at radius 1 is 1.19 bits per heavy atom. The van der Waals surface area contributed by atoms with Crippen LogP contribution in [0.25, 0.3) is 0 Å². The van der Waals surface area contributed by atoms with Gasteiger partial charge in [-0.05, 0) is 25.8 Å². The molecule has 1 aromatic heterocycles. The van der Waals surface area contributed by atoms with Gasteiger partial charge in [0, 0.05) is 23.5 Å². The molecule has 1 heterocycles. The highest BCUT2D eigenvalue weighted by Gasteiger charge is 2.16. The molecular weight excluding hydrogens is 200 g/mol. The Kier molecular flexibility index (Phi) is 3.32. The van der Waals surface area contributed by atoms with E-state index in [0.29, 0.717) is 11.7 Å². The summed E-state index contributed by atoms with van der Waals surface area (Å²) in [6.07, 6.45) is 7.34. The Bertz CT molecular complexity index is 414. The molecule has 1 aliphatic carbocycles. The number of nitrogen functional groups attached to an aromatic ring is 1. The van der Waals surface area contributed by atoms with Crippen molar-refractivity contribution in [1.82, 2.24) is 4.57 Å². The number of hydrogen-bond donors (Lipinski definition) is 1. The molecule has 0 radical (unpaired) electrons. The van der Waals surface area contributed by atoms with Crippen molar-refractivity contribution < 1.29 is 0 Å². The molecule has 3 heteroatoms. The third kappa shape index (κ3) is 2.29. The SMILES string of the molecule is Cc1cc(N)cc(=O)n1C1CCCCCC1. The standard InChI is InChI=1S/C13H20N2O/c1-10-8-11(14)9-13(16)15(10)12-6-4-2-3-5-7-12/h8-9,12H,2-7,14H2,1H3. The Balaban J connectivity index is 2.35. The largest absolute Gasteiger partial charge is 0.399 e. The molecule has 1 aromatic rings. The second-order valence-electron chi connectivity index (χ2n) is 4.78.